The first-order chi connectivity index (χ1) is 12.2. The summed E-state index contributed by atoms with van der Waals surface area (Å²) >= 11 is 0. The average Bonchev–Trinajstić information content (AvgIpc) is 2.53. The van der Waals surface area contributed by atoms with Gasteiger partial charge in [-0.1, -0.05) is 13.2 Å². The third-order valence-electron chi connectivity index (χ3n) is 3.60. The molecule has 6 heteroatoms. The van der Waals surface area contributed by atoms with E-state index < -0.39 is 18.0 Å². The molecule has 6 nitrogen and oxygen atoms in total. The Morgan fingerprint density at radius 2 is 1.77 bits per heavy atom. The Balaban J connectivity index is 2.65. The minimum absolute atomic E-state index is 0.0354. The fourth-order valence-corrected chi connectivity index (χ4v) is 2.44. The van der Waals surface area contributed by atoms with Crippen molar-refractivity contribution in [1.29, 1.82) is 0 Å². The van der Waals surface area contributed by atoms with E-state index >= 15 is 0 Å². The Bertz CT molecular complexity index is 935. The van der Waals surface area contributed by atoms with Gasteiger partial charge in [-0.2, -0.15) is 0 Å². The zero-order valence-electron chi connectivity index (χ0n) is 15.1. The van der Waals surface area contributed by atoms with E-state index in [1.165, 1.54) is 0 Å². The number of aliphatic carboxylic acids is 1. The van der Waals surface area contributed by atoms with Gasteiger partial charge in [0.05, 0.1) is 5.39 Å². The number of fused-ring (bicyclic) bond motifs is 1. The second-order valence-electron chi connectivity index (χ2n) is 6.33. The number of rotatable bonds is 8. The first kappa shape index (κ1) is 19.3. The SMILES string of the molecule is C=C(C)COc1cc(OCC(=C)C)c2c(C)c(CC(=O)[O-])c(=O)oc2c1. The van der Waals surface area contributed by atoms with Crippen molar-refractivity contribution in [2.75, 3.05) is 13.2 Å². The molecule has 0 aliphatic rings. The van der Waals surface area contributed by atoms with Crippen LogP contribution in [0, 0.1) is 6.92 Å². The Labute approximate surface area is 151 Å². The Morgan fingerprint density at radius 1 is 1.15 bits per heavy atom. The summed E-state index contributed by atoms with van der Waals surface area (Å²) in [6, 6.07) is 3.24. The zero-order chi connectivity index (χ0) is 19.4. The molecule has 26 heavy (non-hydrogen) atoms. The number of hydrogen-bond acceptors (Lipinski definition) is 6. The average molecular weight is 357 g/mol. The van der Waals surface area contributed by atoms with Crippen LogP contribution in [0.2, 0.25) is 0 Å². The Morgan fingerprint density at radius 3 is 2.35 bits per heavy atom. The van der Waals surface area contributed by atoms with Crippen molar-refractivity contribution in [3.05, 3.63) is 58.0 Å². The monoisotopic (exact) mass is 357 g/mol. The molecule has 1 aromatic carbocycles. The van der Waals surface area contributed by atoms with Gasteiger partial charge in [0.25, 0.3) is 0 Å². The van der Waals surface area contributed by atoms with E-state index in [-0.39, 0.29) is 17.8 Å². The van der Waals surface area contributed by atoms with Gasteiger partial charge < -0.3 is 23.8 Å². The first-order valence-electron chi connectivity index (χ1n) is 8.03. The van der Waals surface area contributed by atoms with Crippen LogP contribution in [0.25, 0.3) is 11.0 Å². The van der Waals surface area contributed by atoms with E-state index in [1.807, 2.05) is 13.8 Å². The number of carboxylic acid groups (broad SMARTS) is 1. The number of benzene rings is 1. The topological polar surface area (TPSA) is 88.8 Å². The number of carboxylic acids is 1. The molecule has 2 rings (SSSR count). The molecule has 0 unspecified atom stereocenters. The molecule has 0 fully saturated rings. The van der Waals surface area contributed by atoms with Gasteiger partial charge in [-0.15, -0.1) is 0 Å². The number of hydrogen-bond donors (Lipinski definition) is 0. The van der Waals surface area contributed by atoms with Crippen molar-refractivity contribution < 1.29 is 23.8 Å². The van der Waals surface area contributed by atoms with Crippen LogP contribution in [-0.4, -0.2) is 19.2 Å². The molecule has 0 amide bonds. The van der Waals surface area contributed by atoms with E-state index in [0.717, 1.165) is 11.1 Å². The van der Waals surface area contributed by atoms with Gasteiger partial charge in [0, 0.05) is 30.1 Å². The third-order valence-corrected chi connectivity index (χ3v) is 3.60. The third kappa shape index (κ3) is 4.53. The number of aryl methyl sites for hydroxylation is 1. The van der Waals surface area contributed by atoms with E-state index in [1.54, 1.807) is 19.1 Å². The smallest absolute Gasteiger partial charge is 0.340 e. The van der Waals surface area contributed by atoms with Gasteiger partial charge in [0.2, 0.25) is 0 Å². The van der Waals surface area contributed by atoms with Gasteiger partial charge in [-0.3, -0.25) is 0 Å². The largest absolute Gasteiger partial charge is 0.550 e. The van der Waals surface area contributed by atoms with Crippen LogP contribution in [-0.2, 0) is 11.2 Å². The van der Waals surface area contributed by atoms with Crippen LogP contribution in [0.3, 0.4) is 0 Å². The maximum absolute atomic E-state index is 12.2. The molecular weight excluding hydrogens is 336 g/mol. The second kappa shape index (κ2) is 7.91. The normalized spacial score (nSPS) is 10.6. The van der Waals surface area contributed by atoms with Crippen LogP contribution in [0.4, 0.5) is 0 Å². The van der Waals surface area contributed by atoms with E-state index in [0.29, 0.717) is 29.1 Å². The highest BCUT2D eigenvalue weighted by Crippen LogP contribution is 2.34. The van der Waals surface area contributed by atoms with Crippen LogP contribution in [0.15, 0.2) is 45.6 Å². The van der Waals surface area contributed by atoms with Crippen molar-refractivity contribution in [2.45, 2.75) is 27.2 Å². The molecule has 0 saturated carbocycles. The summed E-state index contributed by atoms with van der Waals surface area (Å²) in [5.41, 5.74) is 1.68. The van der Waals surface area contributed by atoms with E-state index in [4.69, 9.17) is 13.9 Å². The van der Waals surface area contributed by atoms with E-state index in [9.17, 15) is 14.7 Å². The Kier molecular flexibility index (Phi) is 5.87. The molecule has 138 valence electrons. The number of carbonyl (C=O) groups excluding carboxylic acids is 1. The second-order valence-corrected chi connectivity index (χ2v) is 6.33. The molecule has 1 aromatic heterocycles. The molecule has 0 saturated heterocycles. The molecule has 0 N–H and O–H groups in total. The van der Waals surface area contributed by atoms with Gasteiger partial charge in [0.15, 0.2) is 0 Å². The van der Waals surface area contributed by atoms with Gasteiger partial charge in [-0.25, -0.2) is 4.79 Å². The molecule has 0 radical (unpaired) electrons. The van der Waals surface area contributed by atoms with E-state index in [2.05, 4.69) is 13.2 Å². The van der Waals surface area contributed by atoms with Crippen LogP contribution in [0.1, 0.15) is 25.0 Å². The van der Waals surface area contributed by atoms with Crippen molar-refractivity contribution in [3.63, 3.8) is 0 Å². The molecule has 0 spiro atoms. The Hall–Kier alpha value is -3.02. The van der Waals surface area contributed by atoms with Crippen LogP contribution >= 0.6 is 0 Å². The highest BCUT2D eigenvalue weighted by atomic mass is 16.5. The summed E-state index contributed by atoms with van der Waals surface area (Å²) in [7, 11) is 0. The highest BCUT2D eigenvalue weighted by Gasteiger charge is 2.17. The number of carbonyl (C=O) groups is 1. The molecule has 0 aliphatic carbocycles. The van der Waals surface area contributed by atoms with Gasteiger partial charge in [-0.05, 0) is 37.5 Å². The highest BCUT2D eigenvalue weighted by molar-refractivity contribution is 5.89. The lowest BCUT2D eigenvalue weighted by atomic mass is 10.0. The van der Waals surface area contributed by atoms with Crippen molar-refractivity contribution in [1.82, 2.24) is 0 Å². The lowest BCUT2D eigenvalue weighted by Gasteiger charge is -2.15. The maximum Gasteiger partial charge on any atom is 0.340 e. The molecule has 0 bridgehead atoms. The quantitative estimate of drug-likeness (QED) is 0.532. The van der Waals surface area contributed by atoms with Crippen molar-refractivity contribution in [2.24, 2.45) is 0 Å². The van der Waals surface area contributed by atoms with Crippen molar-refractivity contribution in [3.8, 4) is 11.5 Å². The lowest BCUT2D eigenvalue weighted by molar-refractivity contribution is -0.304. The summed E-state index contributed by atoms with van der Waals surface area (Å²) in [5, 5.41) is 11.5. The zero-order valence-corrected chi connectivity index (χ0v) is 15.1. The first-order valence-corrected chi connectivity index (χ1v) is 8.03. The maximum atomic E-state index is 12.2. The predicted molar refractivity (Wildman–Crippen MR) is 96.6 cm³/mol. The van der Waals surface area contributed by atoms with Crippen molar-refractivity contribution >= 4 is 16.9 Å². The summed E-state index contributed by atoms with van der Waals surface area (Å²) in [4.78, 5) is 23.1. The summed E-state index contributed by atoms with van der Waals surface area (Å²) in [6.07, 6.45) is -0.530. The lowest BCUT2D eigenvalue weighted by Crippen LogP contribution is -2.27. The van der Waals surface area contributed by atoms with Crippen LogP contribution in [0.5, 0.6) is 11.5 Å². The molecule has 0 atom stereocenters. The summed E-state index contributed by atoms with van der Waals surface area (Å²) < 4.78 is 16.7. The molecule has 0 aliphatic heterocycles. The minimum atomic E-state index is -1.36. The molecule has 1 heterocycles. The predicted octanol–water partition coefficient (Wildman–Crippen LogP) is 2.30. The fraction of sp³-hybridized carbons (Fsp3) is 0.300. The van der Waals surface area contributed by atoms with Gasteiger partial charge >= 0.3 is 5.63 Å². The van der Waals surface area contributed by atoms with Crippen LogP contribution < -0.4 is 20.2 Å². The van der Waals surface area contributed by atoms with Gasteiger partial charge in [0.1, 0.15) is 30.3 Å². The fourth-order valence-electron chi connectivity index (χ4n) is 2.44. The summed E-state index contributed by atoms with van der Waals surface area (Å²) in [6.45, 7) is 13.4. The number of ether oxygens (including phenoxy) is 2. The molecular formula is C20H21O6-. The molecule has 2 aromatic rings. The summed E-state index contributed by atoms with van der Waals surface area (Å²) in [5.74, 6) is -0.485. The standard InChI is InChI=1S/C20H22O6/c1-11(2)9-24-14-6-16(25-10-12(3)4)19-13(5)15(8-18(21)22)20(23)26-17(19)7-14/h6-7H,1,3,8-10H2,2,4-5H3,(H,21,22)/p-1. The minimum Gasteiger partial charge on any atom is -0.550 e.